The molecule has 0 aromatic rings. The molecule has 0 aliphatic carbocycles. The summed E-state index contributed by atoms with van der Waals surface area (Å²) in [6.07, 6.45) is 1.16. The van der Waals surface area contributed by atoms with E-state index in [9.17, 15) is 0 Å². The summed E-state index contributed by atoms with van der Waals surface area (Å²) in [7, 11) is 1.81. The van der Waals surface area contributed by atoms with Gasteiger partial charge in [-0.25, -0.2) is 0 Å². The molecule has 0 aromatic heterocycles. The fourth-order valence-electron chi connectivity index (χ4n) is 1.56. The molecule has 4 nitrogen and oxygen atoms in total. The van der Waals surface area contributed by atoms with Crippen LogP contribution in [0.1, 0.15) is 27.2 Å². The highest BCUT2D eigenvalue weighted by Gasteiger charge is 2.16. The first-order chi connectivity index (χ1) is 7.63. The van der Waals surface area contributed by atoms with Crippen molar-refractivity contribution in [3.05, 3.63) is 0 Å². The summed E-state index contributed by atoms with van der Waals surface area (Å²) in [5, 5.41) is 6.74. The van der Waals surface area contributed by atoms with Gasteiger partial charge in [0.1, 0.15) is 0 Å². The van der Waals surface area contributed by atoms with Crippen molar-refractivity contribution in [1.29, 1.82) is 0 Å². The predicted molar refractivity (Wildman–Crippen MR) is 83.1 cm³/mol. The Morgan fingerprint density at radius 1 is 1.41 bits per heavy atom. The van der Waals surface area contributed by atoms with Crippen LogP contribution >= 0.6 is 24.0 Å². The Labute approximate surface area is 122 Å². The molecule has 2 atom stereocenters. The van der Waals surface area contributed by atoms with Crippen molar-refractivity contribution in [2.75, 3.05) is 26.8 Å². The van der Waals surface area contributed by atoms with Crippen LogP contribution in [0.15, 0.2) is 4.99 Å². The van der Waals surface area contributed by atoms with Crippen molar-refractivity contribution in [3.63, 3.8) is 0 Å². The maximum atomic E-state index is 5.34. The largest absolute Gasteiger partial charge is 0.381 e. The summed E-state index contributed by atoms with van der Waals surface area (Å²) in [5.41, 5.74) is 0. The van der Waals surface area contributed by atoms with Crippen LogP contribution in [0.25, 0.3) is 0 Å². The highest BCUT2D eigenvalue weighted by molar-refractivity contribution is 14.0. The number of guanidine groups is 1. The minimum atomic E-state index is 0. The zero-order valence-electron chi connectivity index (χ0n) is 11.3. The van der Waals surface area contributed by atoms with E-state index in [2.05, 4.69) is 36.4 Å². The predicted octanol–water partition coefficient (Wildman–Crippen LogP) is 1.85. The fourth-order valence-corrected chi connectivity index (χ4v) is 1.56. The van der Waals surface area contributed by atoms with Crippen LogP contribution in [-0.4, -0.2) is 38.8 Å². The number of halogens is 1. The minimum Gasteiger partial charge on any atom is -0.381 e. The number of nitrogens with one attached hydrogen (secondary N) is 2. The Balaban J connectivity index is 0.00000256. The lowest BCUT2D eigenvalue weighted by atomic mass is 10.1. The van der Waals surface area contributed by atoms with Crippen molar-refractivity contribution in [2.24, 2.45) is 16.8 Å². The van der Waals surface area contributed by atoms with Gasteiger partial charge in [0, 0.05) is 32.2 Å². The number of rotatable bonds is 4. The van der Waals surface area contributed by atoms with Crippen LogP contribution < -0.4 is 10.6 Å². The molecule has 0 amide bonds. The molecule has 1 saturated heterocycles. The monoisotopic (exact) mass is 355 g/mol. The number of ether oxygens (including phenoxy) is 1. The van der Waals surface area contributed by atoms with Gasteiger partial charge < -0.3 is 15.4 Å². The summed E-state index contributed by atoms with van der Waals surface area (Å²) in [5.74, 6) is 2.13. The zero-order valence-corrected chi connectivity index (χ0v) is 13.7. The van der Waals surface area contributed by atoms with Crippen LogP contribution in [0.3, 0.4) is 0 Å². The number of hydrogen-bond donors (Lipinski definition) is 2. The van der Waals surface area contributed by atoms with E-state index in [0.717, 1.165) is 32.1 Å². The molecule has 2 N–H and O–H groups in total. The third-order valence-electron chi connectivity index (χ3n) is 3.17. The van der Waals surface area contributed by atoms with Crippen molar-refractivity contribution < 1.29 is 4.74 Å². The molecule has 5 heteroatoms. The molecule has 2 unspecified atom stereocenters. The van der Waals surface area contributed by atoms with Gasteiger partial charge in [-0.1, -0.05) is 13.8 Å². The smallest absolute Gasteiger partial charge is 0.191 e. The van der Waals surface area contributed by atoms with Crippen LogP contribution in [0.4, 0.5) is 0 Å². The molecule has 1 heterocycles. The lowest BCUT2D eigenvalue weighted by Crippen LogP contribution is -2.45. The highest BCUT2D eigenvalue weighted by Crippen LogP contribution is 2.10. The van der Waals surface area contributed by atoms with Gasteiger partial charge in [-0.05, 0) is 19.3 Å². The Kier molecular flexibility index (Phi) is 8.94. The second kappa shape index (κ2) is 8.97. The van der Waals surface area contributed by atoms with Crippen LogP contribution in [0.5, 0.6) is 0 Å². The lowest BCUT2D eigenvalue weighted by Gasteiger charge is -2.21. The van der Waals surface area contributed by atoms with Crippen LogP contribution in [0, 0.1) is 11.8 Å². The molecule has 0 bridgehead atoms. The van der Waals surface area contributed by atoms with Crippen molar-refractivity contribution in [3.8, 4) is 0 Å². The first-order valence-electron chi connectivity index (χ1n) is 6.18. The molecule has 0 aromatic carbocycles. The Morgan fingerprint density at radius 3 is 2.59 bits per heavy atom. The normalized spacial score (nSPS) is 22.2. The third-order valence-corrected chi connectivity index (χ3v) is 3.17. The zero-order chi connectivity index (χ0) is 12.0. The average molecular weight is 355 g/mol. The molecule has 0 radical (unpaired) electrons. The van der Waals surface area contributed by atoms with Gasteiger partial charge in [0.15, 0.2) is 5.96 Å². The number of aliphatic imine (C=N–C) groups is 1. The fraction of sp³-hybridized carbons (Fsp3) is 0.917. The maximum Gasteiger partial charge on any atom is 0.191 e. The van der Waals surface area contributed by atoms with Gasteiger partial charge in [-0.3, -0.25) is 4.99 Å². The van der Waals surface area contributed by atoms with E-state index < -0.39 is 0 Å². The van der Waals surface area contributed by atoms with Gasteiger partial charge in [-0.2, -0.15) is 0 Å². The average Bonchev–Trinajstić information content (AvgIpc) is 2.76. The topological polar surface area (TPSA) is 45.7 Å². The van der Waals surface area contributed by atoms with Crippen molar-refractivity contribution >= 4 is 29.9 Å². The quantitative estimate of drug-likeness (QED) is 0.460. The molecule has 1 fully saturated rings. The summed E-state index contributed by atoms with van der Waals surface area (Å²) in [6, 6.07) is 0.436. The van der Waals surface area contributed by atoms with E-state index in [1.807, 2.05) is 7.05 Å². The second-order valence-electron chi connectivity index (χ2n) is 4.86. The van der Waals surface area contributed by atoms with Gasteiger partial charge in [0.25, 0.3) is 0 Å². The number of nitrogens with zero attached hydrogens (tertiary/aromatic N) is 1. The van der Waals surface area contributed by atoms with Crippen LogP contribution in [-0.2, 0) is 4.74 Å². The molecule has 17 heavy (non-hydrogen) atoms. The van der Waals surface area contributed by atoms with E-state index in [-0.39, 0.29) is 24.0 Å². The second-order valence-corrected chi connectivity index (χ2v) is 4.86. The van der Waals surface area contributed by atoms with E-state index in [4.69, 9.17) is 4.74 Å². The maximum absolute atomic E-state index is 5.34. The van der Waals surface area contributed by atoms with E-state index in [1.165, 1.54) is 0 Å². The van der Waals surface area contributed by atoms with Crippen molar-refractivity contribution in [2.45, 2.75) is 33.2 Å². The van der Waals surface area contributed by atoms with Gasteiger partial charge in [-0.15, -0.1) is 24.0 Å². The highest BCUT2D eigenvalue weighted by atomic mass is 127. The molecule has 0 spiro atoms. The van der Waals surface area contributed by atoms with Gasteiger partial charge in [0.05, 0.1) is 6.61 Å². The SMILES string of the molecule is CN=C(NCC1CCOC1)NC(C)C(C)C.I. The Bertz CT molecular complexity index is 228. The van der Waals surface area contributed by atoms with E-state index in [1.54, 1.807) is 0 Å². The Morgan fingerprint density at radius 2 is 2.12 bits per heavy atom. The van der Waals surface area contributed by atoms with E-state index >= 15 is 0 Å². The van der Waals surface area contributed by atoms with Crippen LogP contribution in [0.2, 0.25) is 0 Å². The lowest BCUT2D eigenvalue weighted by molar-refractivity contribution is 0.186. The molecule has 0 saturated carbocycles. The summed E-state index contributed by atoms with van der Waals surface area (Å²) < 4.78 is 5.34. The first-order valence-corrected chi connectivity index (χ1v) is 6.18. The number of hydrogen-bond acceptors (Lipinski definition) is 2. The van der Waals surface area contributed by atoms with E-state index in [0.29, 0.717) is 17.9 Å². The summed E-state index contributed by atoms with van der Waals surface area (Å²) >= 11 is 0. The van der Waals surface area contributed by atoms with Crippen molar-refractivity contribution in [1.82, 2.24) is 10.6 Å². The third kappa shape index (κ3) is 6.45. The molecule has 1 rings (SSSR count). The summed E-state index contributed by atoms with van der Waals surface area (Å²) in [6.45, 7) is 9.32. The standard InChI is InChI=1S/C12H25N3O.HI/c1-9(2)10(3)15-12(13-4)14-7-11-5-6-16-8-11;/h9-11H,5-8H2,1-4H3,(H2,13,14,15);1H. The minimum absolute atomic E-state index is 0. The molecular weight excluding hydrogens is 329 g/mol. The van der Waals surface area contributed by atoms with Gasteiger partial charge >= 0.3 is 0 Å². The molecule has 1 aliphatic heterocycles. The first kappa shape index (κ1) is 17.0. The molecular formula is C12H26IN3O. The molecule has 1 aliphatic rings. The Hall–Kier alpha value is -0.0400. The van der Waals surface area contributed by atoms with Gasteiger partial charge in [0.2, 0.25) is 0 Å². The molecule has 102 valence electrons. The summed E-state index contributed by atoms with van der Waals surface area (Å²) in [4.78, 5) is 4.22.